The zero-order valence-corrected chi connectivity index (χ0v) is 14.1. The number of nitrogens with zero attached hydrogens (tertiary/aromatic N) is 2. The molecule has 1 aromatic carbocycles. The van der Waals surface area contributed by atoms with Crippen LogP contribution in [0.3, 0.4) is 0 Å². The maximum absolute atomic E-state index is 13.3. The number of alkyl halides is 9. The molecule has 1 aliphatic rings. The lowest BCUT2D eigenvalue weighted by molar-refractivity contribution is -0.228. The number of hydrogen-bond donors (Lipinski definition) is 1. The molecule has 0 saturated carbocycles. The Balaban J connectivity index is 2.54. The lowest BCUT2D eigenvalue weighted by atomic mass is 9.95. The van der Waals surface area contributed by atoms with Gasteiger partial charge < -0.3 is 9.84 Å². The summed E-state index contributed by atoms with van der Waals surface area (Å²) in [5.74, 6) is -1.88. The smallest absolute Gasteiger partial charge is 0.371 e. The van der Waals surface area contributed by atoms with Gasteiger partial charge >= 0.3 is 18.5 Å². The SMILES string of the molecule is COC(C1C(C)=NN(c2ccc(C(F)(F)F)cc2C(F)(F)F)C1O)C(F)(F)F. The van der Waals surface area contributed by atoms with Crippen molar-refractivity contribution >= 4 is 11.4 Å². The molecule has 1 N–H and O–H groups in total. The van der Waals surface area contributed by atoms with Crippen LogP contribution in [0.4, 0.5) is 45.2 Å². The second-order valence-corrected chi connectivity index (χ2v) is 5.95. The zero-order valence-electron chi connectivity index (χ0n) is 14.1. The van der Waals surface area contributed by atoms with E-state index < -0.39 is 59.3 Å². The van der Waals surface area contributed by atoms with E-state index in [0.717, 1.165) is 6.92 Å². The molecule has 158 valence electrons. The highest BCUT2D eigenvalue weighted by atomic mass is 19.4. The topological polar surface area (TPSA) is 45.1 Å². The number of hydrazone groups is 1. The fourth-order valence-corrected chi connectivity index (χ4v) is 2.86. The minimum Gasteiger partial charge on any atom is -0.371 e. The summed E-state index contributed by atoms with van der Waals surface area (Å²) in [5.41, 5.74) is -4.84. The van der Waals surface area contributed by atoms with Crippen LogP contribution in [0, 0.1) is 5.92 Å². The molecule has 3 atom stereocenters. The third-order valence-electron chi connectivity index (χ3n) is 4.10. The van der Waals surface area contributed by atoms with E-state index in [1.54, 1.807) is 0 Å². The molecule has 1 aromatic rings. The lowest BCUT2D eigenvalue weighted by Crippen LogP contribution is -2.47. The Morgan fingerprint density at radius 3 is 2.04 bits per heavy atom. The maximum atomic E-state index is 13.3. The first-order valence-corrected chi connectivity index (χ1v) is 7.49. The number of hydrogen-bond acceptors (Lipinski definition) is 4. The fraction of sp³-hybridized carbons (Fsp3) is 0.533. The van der Waals surface area contributed by atoms with Crippen LogP contribution in [0.2, 0.25) is 0 Å². The summed E-state index contributed by atoms with van der Waals surface area (Å²) < 4.78 is 122. The van der Waals surface area contributed by atoms with Gasteiger partial charge in [-0.3, -0.25) is 0 Å². The molecule has 0 saturated heterocycles. The van der Waals surface area contributed by atoms with E-state index in [1.165, 1.54) is 0 Å². The van der Waals surface area contributed by atoms with E-state index in [9.17, 15) is 44.6 Å². The third-order valence-corrected chi connectivity index (χ3v) is 4.10. The highest BCUT2D eigenvalue weighted by molar-refractivity contribution is 5.89. The highest BCUT2D eigenvalue weighted by Gasteiger charge is 2.53. The third kappa shape index (κ3) is 4.19. The average Bonchev–Trinajstić information content (AvgIpc) is 2.80. The molecule has 0 spiro atoms. The van der Waals surface area contributed by atoms with Gasteiger partial charge in [-0.05, 0) is 25.1 Å². The molecule has 28 heavy (non-hydrogen) atoms. The molecule has 0 bridgehead atoms. The average molecular weight is 424 g/mol. The Hall–Kier alpha value is -2.02. The molecule has 4 nitrogen and oxygen atoms in total. The van der Waals surface area contributed by atoms with Gasteiger partial charge in [0.25, 0.3) is 0 Å². The van der Waals surface area contributed by atoms with Gasteiger partial charge in [0.05, 0.1) is 22.7 Å². The monoisotopic (exact) mass is 424 g/mol. The summed E-state index contributed by atoms with van der Waals surface area (Å²) in [6, 6.07) is 0.508. The van der Waals surface area contributed by atoms with Gasteiger partial charge in [0.1, 0.15) is 0 Å². The van der Waals surface area contributed by atoms with Crippen molar-refractivity contribution in [3.8, 4) is 0 Å². The standard InChI is InChI=1S/C15H13F9N2O2/c1-6-10(11(28-2)15(22,23)24)12(27)26(25-6)9-4-3-7(13(16,17)18)5-8(9)14(19,20)21/h3-5,10-12,27H,1-2H3. The molecule has 1 heterocycles. The molecular formula is C15H13F9N2O2. The van der Waals surface area contributed by atoms with Crippen LogP contribution in [0.1, 0.15) is 18.1 Å². The summed E-state index contributed by atoms with van der Waals surface area (Å²) in [5, 5.41) is 13.9. The van der Waals surface area contributed by atoms with E-state index in [1.807, 2.05) is 0 Å². The van der Waals surface area contributed by atoms with Crippen LogP contribution in [0.15, 0.2) is 23.3 Å². The Kier molecular flexibility index (Phi) is 5.65. The first-order chi connectivity index (χ1) is 12.6. The molecule has 0 amide bonds. The van der Waals surface area contributed by atoms with Crippen LogP contribution in [-0.2, 0) is 17.1 Å². The number of benzene rings is 1. The molecule has 13 heteroatoms. The number of aliphatic hydroxyl groups excluding tert-OH is 1. The van der Waals surface area contributed by atoms with Crippen molar-refractivity contribution in [2.24, 2.45) is 11.0 Å². The second kappa shape index (κ2) is 7.10. The first kappa shape index (κ1) is 22.3. The van der Waals surface area contributed by atoms with Crippen LogP contribution in [-0.4, -0.2) is 36.4 Å². The Labute approximate surface area is 152 Å². The molecule has 0 radical (unpaired) electrons. The summed E-state index contributed by atoms with van der Waals surface area (Å²) in [7, 11) is 0.695. The van der Waals surface area contributed by atoms with Crippen LogP contribution < -0.4 is 5.01 Å². The molecule has 0 fully saturated rings. The van der Waals surface area contributed by atoms with Gasteiger partial charge in [0.15, 0.2) is 12.3 Å². The molecule has 3 unspecified atom stereocenters. The van der Waals surface area contributed by atoms with E-state index >= 15 is 0 Å². The maximum Gasteiger partial charge on any atom is 0.418 e. The van der Waals surface area contributed by atoms with E-state index in [-0.39, 0.29) is 11.1 Å². The predicted molar refractivity (Wildman–Crippen MR) is 78.4 cm³/mol. The lowest BCUT2D eigenvalue weighted by Gasteiger charge is -2.30. The first-order valence-electron chi connectivity index (χ1n) is 7.49. The normalized spacial score (nSPS) is 22.4. The van der Waals surface area contributed by atoms with Gasteiger partial charge in [-0.1, -0.05) is 0 Å². The Bertz CT molecular complexity index is 755. The largest absolute Gasteiger partial charge is 0.418 e. The van der Waals surface area contributed by atoms with Gasteiger partial charge in [0, 0.05) is 12.8 Å². The van der Waals surface area contributed by atoms with E-state index in [2.05, 4.69) is 9.84 Å². The van der Waals surface area contributed by atoms with Crippen molar-refractivity contribution in [3.63, 3.8) is 0 Å². The number of anilines is 1. The Morgan fingerprint density at radius 2 is 1.61 bits per heavy atom. The second-order valence-electron chi connectivity index (χ2n) is 5.95. The summed E-state index contributed by atoms with van der Waals surface area (Å²) in [6.07, 6.45) is -20.2. The van der Waals surface area contributed by atoms with Crippen molar-refractivity contribution in [2.45, 2.75) is 37.8 Å². The minimum absolute atomic E-state index is 0.197. The van der Waals surface area contributed by atoms with Crippen LogP contribution in [0.5, 0.6) is 0 Å². The summed E-state index contributed by atoms with van der Waals surface area (Å²) in [4.78, 5) is 0. The van der Waals surface area contributed by atoms with Gasteiger partial charge in [0.2, 0.25) is 0 Å². The van der Waals surface area contributed by atoms with Gasteiger partial charge in [-0.15, -0.1) is 0 Å². The fourth-order valence-electron chi connectivity index (χ4n) is 2.86. The quantitative estimate of drug-likeness (QED) is 0.731. The van der Waals surface area contributed by atoms with Crippen molar-refractivity contribution in [2.75, 3.05) is 12.1 Å². The van der Waals surface area contributed by atoms with Crippen LogP contribution in [0.25, 0.3) is 0 Å². The minimum atomic E-state index is -5.29. The van der Waals surface area contributed by atoms with Crippen molar-refractivity contribution in [3.05, 3.63) is 29.3 Å². The predicted octanol–water partition coefficient (Wildman–Crippen LogP) is 4.43. The number of methoxy groups -OCH3 is 1. The van der Waals surface area contributed by atoms with Crippen molar-refractivity contribution < 1.29 is 49.4 Å². The van der Waals surface area contributed by atoms with E-state index in [4.69, 9.17) is 0 Å². The molecule has 1 aliphatic heterocycles. The molecule has 0 aliphatic carbocycles. The van der Waals surface area contributed by atoms with Crippen LogP contribution >= 0.6 is 0 Å². The molecular weight excluding hydrogens is 411 g/mol. The summed E-state index contributed by atoms with van der Waals surface area (Å²) in [6.45, 7) is 1.03. The number of rotatable bonds is 3. The number of aliphatic hydroxyl groups is 1. The van der Waals surface area contributed by atoms with Gasteiger partial charge in [-0.2, -0.15) is 44.6 Å². The Morgan fingerprint density at radius 1 is 1.04 bits per heavy atom. The summed E-state index contributed by atoms with van der Waals surface area (Å²) >= 11 is 0. The van der Waals surface area contributed by atoms with E-state index in [0.29, 0.717) is 19.2 Å². The molecule has 0 aromatic heterocycles. The van der Waals surface area contributed by atoms with Crippen molar-refractivity contribution in [1.29, 1.82) is 0 Å². The zero-order chi connectivity index (χ0) is 21.7. The molecule has 2 rings (SSSR count). The number of ether oxygens (including phenoxy) is 1. The van der Waals surface area contributed by atoms with Crippen molar-refractivity contribution in [1.82, 2.24) is 0 Å². The highest BCUT2D eigenvalue weighted by Crippen LogP contribution is 2.44. The number of halogens is 9. The van der Waals surface area contributed by atoms with Gasteiger partial charge in [-0.25, -0.2) is 5.01 Å².